The first-order chi connectivity index (χ1) is 23.9. The number of carbonyl (C=O) groups excluding carboxylic acids is 2. The van der Waals surface area contributed by atoms with Gasteiger partial charge >= 0.3 is 6.18 Å². The fourth-order valence-corrected chi connectivity index (χ4v) is 6.58. The number of amides is 2. The molecule has 3 aromatic heterocycles. The molecule has 0 spiro atoms. The van der Waals surface area contributed by atoms with E-state index in [2.05, 4.69) is 20.4 Å². The van der Waals surface area contributed by atoms with Crippen LogP contribution < -0.4 is 20.7 Å². The summed E-state index contributed by atoms with van der Waals surface area (Å²) >= 11 is 6.13. The summed E-state index contributed by atoms with van der Waals surface area (Å²) in [4.78, 5) is 59.0. The summed E-state index contributed by atoms with van der Waals surface area (Å²) in [6.45, 7) is 5.42. The Labute approximate surface area is 289 Å². The van der Waals surface area contributed by atoms with Gasteiger partial charge in [0.1, 0.15) is 18.6 Å². The van der Waals surface area contributed by atoms with Crippen LogP contribution in [0.25, 0.3) is 5.78 Å². The molecule has 0 aliphatic carbocycles. The number of piperazine rings is 1. The summed E-state index contributed by atoms with van der Waals surface area (Å²) < 4.78 is 42.4. The molecule has 0 radical (unpaired) electrons. The molecule has 2 N–H and O–H groups in total. The molecular weight excluding hydrogens is 681 g/mol. The van der Waals surface area contributed by atoms with Gasteiger partial charge in [0.05, 0.1) is 27.7 Å². The van der Waals surface area contributed by atoms with Crippen molar-refractivity contribution >= 4 is 46.5 Å². The van der Waals surface area contributed by atoms with Crippen LogP contribution in [0.15, 0.2) is 29.3 Å². The molecule has 1 aromatic carbocycles. The Morgan fingerprint density at radius 3 is 2.34 bits per heavy atom. The summed E-state index contributed by atoms with van der Waals surface area (Å²) in [6.07, 6.45) is 0.941. The molecule has 0 atom stereocenters. The lowest BCUT2D eigenvalue weighted by molar-refractivity contribution is -0.137. The van der Waals surface area contributed by atoms with Crippen LogP contribution in [0.4, 0.5) is 30.5 Å². The van der Waals surface area contributed by atoms with Gasteiger partial charge in [-0.2, -0.15) is 22.7 Å². The Morgan fingerprint density at radius 2 is 1.70 bits per heavy atom. The summed E-state index contributed by atoms with van der Waals surface area (Å²) in [5.74, 6) is -0.852. The topological polar surface area (TPSA) is 154 Å². The van der Waals surface area contributed by atoms with Crippen LogP contribution in [0.5, 0.6) is 5.75 Å². The first kappa shape index (κ1) is 34.9. The van der Waals surface area contributed by atoms with Crippen molar-refractivity contribution in [1.29, 1.82) is 0 Å². The highest BCUT2D eigenvalue weighted by atomic mass is 35.5. The van der Waals surface area contributed by atoms with Crippen LogP contribution in [-0.2, 0) is 23.9 Å². The first-order valence-corrected chi connectivity index (χ1v) is 16.7. The summed E-state index contributed by atoms with van der Waals surface area (Å²) in [6, 6.07) is 2.67. The van der Waals surface area contributed by atoms with Crippen molar-refractivity contribution in [2.45, 2.75) is 58.7 Å². The zero-order chi connectivity index (χ0) is 35.7. The van der Waals surface area contributed by atoms with Crippen LogP contribution in [0.2, 0.25) is 5.02 Å². The number of fused-ring (bicyclic) bond motifs is 1. The fraction of sp³-hybridized carbons (Fsp3) is 0.469. The lowest BCUT2D eigenvalue weighted by atomic mass is 10.2. The Bertz CT molecular complexity index is 1980. The number of nitrogens with zero attached hydrogens (tertiary/aromatic N) is 9. The molecule has 2 aliphatic rings. The lowest BCUT2D eigenvalue weighted by Crippen LogP contribution is -2.51. The number of carbonyl (C=O) groups is 2. The molecule has 14 nitrogen and oxygen atoms in total. The second-order valence-corrected chi connectivity index (χ2v) is 12.6. The van der Waals surface area contributed by atoms with Crippen LogP contribution in [0.1, 0.15) is 60.0 Å². The third-order valence-electron chi connectivity index (χ3n) is 9.00. The second-order valence-electron chi connectivity index (χ2n) is 12.2. The third kappa shape index (κ3) is 6.90. The van der Waals surface area contributed by atoms with E-state index >= 15 is 0 Å². The van der Waals surface area contributed by atoms with Crippen molar-refractivity contribution in [3.63, 3.8) is 0 Å². The highest BCUT2D eigenvalue weighted by molar-refractivity contribution is 6.33. The zero-order valence-corrected chi connectivity index (χ0v) is 28.3. The third-order valence-corrected chi connectivity index (χ3v) is 9.31. The Balaban J connectivity index is 1.34. The number of anilines is 3. The van der Waals surface area contributed by atoms with Crippen LogP contribution in [0, 0.1) is 6.92 Å². The van der Waals surface area contributed by atoms with Crippen LogP contribution in [0.3, 0.4) is 0 Å². The van der Waals surface area contributed by atoms with Gasteiger partial charge in [0.25, 0.3) is 11.5 Å². The molecule has 4 aromatic rings. The maximum atomic E-state index is 14.2. The van der Waals surface area contributed by atoms with Gasteiger partial charge in [-0.25, -0.2) is 9.97 Å². The van der Waals surface area contributed by atoms with Gasteiger partial charge in [-0.3, -0.25) is 14.4 Å². The molecule has 0 unspecified atom stereocenters. The molecule has 266 valence electrons. The van der Waals surface area contributed by atoms with E-state index in [1.807, 2.05) is 16.7 Å². The summed E-state index contributed by atoms with van der Waals surface area (Å²) in [5, 5.41) is 17.3. The van der Waals surface area contributed by atoms with Crippen molar-refractivity contribution < 1.29 is 27.9 Å². The van der Waals surface area contributed by atoms with Crippen LogP contribution >= 0.6 is 11.6 Å². The van der Waals surface area contributed by atoms with Crippen molar-refractivity contribution in [3.05, 3.63) is 62.5 Å². The van der Waals surface area contributed by atoms with E-state index in [4.69, 9.17) is 16.6 Å². The van der Waals surface area contributed by atoms with Gasteiger partial charge in [-0.1, -0.05) is 31.4 Å². The number of aryl methyl sites for hydroxylation is 1. The van der Waals surface area contributed by atoms with E-state index in [-0.39, 0.29) is 66.3 Å². The Hall–Kier alpha value is -4.93. The van der Waals surface area contributed by atoms with Gasteiger partial charge in [0, 0.05) is 39.3 Å². The van der Waals surface area contributed by atoms with Crippen molar-refractivity contribution in [3.8, 4) is 5.75 Å². The number of halogens is 4. The van der Waals surface area contributed by atoms with E-state index in [9.17, 15) is 32.7 Å². The van der Waals surface area contributed by atoms with Gasteiger partial charge in [-0.15, -0.1) is 5.10 Å². The van der Waals surface area contributed by atoms with Gasteiger partial charge in [0.15, 0.2) is 11.4 Å². The number of aromatic hydroxyl groups is 1. The molecule has 6 rings (SSSR count). The Kier molecular flexibility index (Phi) is 9.87. The molecule has 2 amide bonds. The molecule has 2 saturated heterocycles. The number of hydrogen-bond acceptors (Lipinski definition) is 10. The van der Waals surface area contributed by atoms with Crippen molar-refractivity contribution in [1.82, 2.24) is 34.0 Å². The quantitative estimate of drug-likeness (QED) is 0.288. The number of benzene rings is 1. The highest BCUT2D eigenvalue weighted by Gasteiger charge is 2.32. The van der Waals surface area contributed by atoms with E-state index in [1.54, 1.807) is 11.5 Å². The first-order valence-electron chi connectivity index (χ1n) is 16.4. The van der Waals surface area contributed by atoms with E-state index in [1.165, 1.54) is 15.7 Å². The average molecular weight is 717 g/mol. The zero-order valence-electron chi connectivity index (χ0n) is 27.5. The smallest absolute Gasteiger partial charge is 0.416 e. The number of hydrogen-bond donors (Lipinski definition) is 2. The molecule has 2 fully saturated rings. The predicted molar refractivity (Wildman–Crippen MR) is 179 cm³/mol. The van der Waals surface area contributed by atoms with Gasteiger partial charge in [0.2, 0.25) is 17.6 Å². The van der Waals surface area contributed by atoms with E-state index in [0.717, 1.165) is 43.9 Å². The highest BCUT2D eigenvalue weighted by Crippen LogP contribution is 2.34. The van der Waals surface area contributed by atoms with E-state index in [0.29, 0.717) is 36.8 Å². The number of aromatic nitrogens is 6. The maximum absolute atomic E-state index is 14.2. The summed E-state index contributed by atoms with van der Waals surface area (Å²) in [5.41, 5.74) is -0.424. The van der Waals surface area contributed by atoms with Crippen LogP contribution in [-0.4, -0.2) is 90.2 Å². The van der Waals surface area contributed by atoms with Crippen molar-refractivity contribution in [2.24, 2.45) is 0 Å². The molecule has 0 saturated carbocycles. The minimum Gasteiger partial charge on any atom is -0.504 e. The minimum atomic E-state index is -4.60. The van der Waals surface area contributed by atoms with Crippen molar-refractivity contribution in [2.75, 3.05) is 54.4 Å². The number of rotatable bonds is 7. The largest absolute Gasteiger partial charge is 0.504 e. The molecule has 2 aliphatic heterocycles. The monoisotopic (exact) mass is 716 g/mol. The normalized spacial score (nSPS) is 15.8. The molecule has 5 heterocycles. The fourth-order valence-electron chi connectivity index (χ4n) is 6.36. The number of nitrogens with one attached hydrogen (secondary N) is 1. The SMILES string of the molecule is CCc1c(N2CCN(C(=O)c3ncnc(C)c3O)CC2)c(=O)n2nc(N3CCCCCC3)nc2n1CC(=O)Nc1ccc(C(F)(F)F)cc1Cl. The molecular formula is C32H36ClF3N10O4. The Morgan fingerprint density at radius 1 is 1.00 bits per heavy atom. The molecule has 18 heteroatoms. The van der Waals surface area contributed by atoms with Gasteiger partial charge in [-0.05, 0) is 44.4 Å². The number of alkyl halides is 3. The standard InChI is InChI=1S/C32H36ClF3N10O4/c1-3-23-26(42-12-14-43(15-13-42)28(49)25-27(48)19(2)37-18-38-25)29(50)46-31(40-30(41-46)44-10-6-4-5-7-11-44)45(23)17-24(47)39-22-9-8-20(16-21(22)33)32(34,35)36/h8-9,16,18,48H,3-7,10-15,17H2,1-2H3,(H,39,47). The molecule has 50 heavy (non-hydrogen) atoms. The maximum Gasteiger partial charge on any atom is 0.416 e. The minimum absolute atomic E-state index is 0.00238. The summed E-state index contributed by atoms with van der Waals surface area (Å²) in [7, 11) is 0. The lowest BCUT2D eigenvalue weighted by Gasteiger charge is -2.36. The molecule has 0 bridgehead atoms. The average Bonchev–Trinajstić information content (AvgIpc) is 3.36. The van der Waals surface area contributed by atoms with E-state index < -0.39 is 29.1 Å². The predicted octanol–water partition coefficient (Wildman–Crippen LogP) is 3.91. The second kappa shape index (κ2) is 14.1. The van der Waals surface area contributed by atoms with Gasteiger partial charge < -0.3 is 29.7 Å².